The summed E-state index contributed by atoms with van der Waals surface area (Å²) in [6.07, 6.45) is 1.99. The smallest absolute Gasteiger partial charge is 0.249 e. The molecule has 0 saturated carbocycles. The third-order valence-electron chi connectivity index (χ3n) is 2.69. The summed E-state index contributed by atoms with van der Waals surface area (Å²) in [6, 6.07) is 9.53. The van der Waals surface area contributed by atoms with E-state index in [1.165, 1.54) is 0 Å². The summed E-state index contributed by atoms with van der Waals surface area (Å²) in [5.41, 5.74) is -0.299. The van der Waals surface area contributed by atoms with Crippen LogP contribution >= 0.6 is 11.8 Å². The minimum Gasteiger partial charge on any atom is -0.377 e. The SMILES string of the molecule is CSc1ccc(NC(=O)C2(C#N)COC2)cc1. The molecule has 2 rings (SSSR count). The van der Waals surface area contributed by atoms with Gasteiger partial charge in [0.15, 0.2) is 5.41 Å². The predicted octanol–water partition coefficient (Wildman–Crippen LogP) is 1.89. The van der Waals surface area contributed by atoms with Gasteiger partial charge >= 0.3 is 0 Å². The highest BCUT2D eigenvalue weighted by Gasteiger charge is 2.46. The van der Waals surface area contributed by atoms with Crippen molar-refractivity contribution in [3.63, 3.8) is 0 Å². The van der Waals surface area contributed by atoms with Gasteiger partial charge < -0.3 is 10.1 Å². The van der Waals surface area contributed by atoms with E-state index in [1.54, 1.807) is 11.8 Å². The van der Waals surface area contributed by atoms with Crippen LogP contribution < -0.4 is 5.32 Å². The molecule has 88 valence electrons. The fourth-order valence-corrected chi connectivity index (χ4v) is 1.89. The van der Waals surface area contributed by atoms with Crippen LogP contribution in [-0.4, -0.2) is 25.4 Å². The summed E-state index contributed by atoms with van der Waals surface area (Å²) in [6.45, 7) is 0.358. The molecule has 1 heterocycles. The lowest BCUT2D eigenvalue weighted by Crippen LogP contribution is -2.50. The zero-order valence-corrected chi connectivity index (χ0v) is 10.2. The zero-order chi connectivity index (χ0) is 12.3. The molecule has 5 heteroatoms. The molecule has 4 nitrogen and oxygen atoms in total. The Morgan fingerprint density at radius 1 is 1.47 bits per heavy atom. The van der Waals surface area contributed by atoms with Crippen molar-refractivity contribution in [2.45, 2.75) is 4.90 Å². The average Bonchev–Trinajstić information content (AvgIpc) is 2.29. The molecule has 0 radical (unpaired) electrons. The minimum atomic E-state index is -1.00. The van der Waals surface area contributed by atoms with Gasteiger partial charge in [0.25, 0.3) is 0 Å². The lowest BCUT2D eigenvalue weighted by Gasteiger charge is -2.33. The Hall–Kier alpha value is -1.51. The molecule has 1 N–H and O–H groups in total. The van der Waals surface area contributed by atoms with Crippen molar-refractivity contribution in [2.75, 3.05) is 24.8 Å². The van der Waals surface area contributed by atoms with E-state index >= 15 is 0 Å². The third kappa shape index (κ3) is 2.28. The molecule has 0 atom stereocenters. The number of amides is 1. The van der Waals surface area contributed by atoms with Crippen LogP contribution in [0.3, 0.4) is 0 Å². The summed E-state index contributed by atoms with van der Waals surface area (Å²) in [5.74, 6) is -0.289. The second kappa shape index (κ2) is 4.78. The summed E-state index contributed by atoms with van der Waals surface area (Å²) in [5, 5.41) is 11.7. The fourth-order valence-electron chi connectivity index (χ4n) is 1.48. The van der Waals surface area contributed by atoms with E-state index in [2.05, 4.69) is 5.32 Å². The number of carbonyl (C=O) groups excluding carboxylic acids is 1. The van der Waals surface area contributed by atoms with E-state index in [4.69, 9.17) is 10.00 Å². The number of nitriles is 1. The van der Waals surface area contributed by atoms with Crippen LogP contribution in [0.4, 0.5) is 5.69 Å². The average molecular weight is 248 g/mol. The first kappa shape index (κ1) is 12.0. The molecule has 1 aliphatic heterocycles. The summed E-state index contributed by atoms with van der Waals surface area (Å²) >= 11 is 1.64. The van der Waals surface area contributed by atoms with Crippen LogP contribution in [0.15, 0.2) is 29.2 Å². The zero-order valence-electron chi connectivity index (χ0n) is 9.40. The van der Waals surface area contributed by atoms with Crippen LogP contribution in [0.25, 0.3) is 0 Å². The number of hydrogen-bond donors (Lipinski definition) is 1. The van der Waals surface area contributed by atoms with Gasteiger partial charge in [-0.25, -0.2) is 0 Å². The Morgan fingerprint density at radius 2 is 2.12 bits per heavy atom. The van der Waals surface area contributed by atoms with E-state index in [-0.39, 0.29) is 19.1 Å². The van der Waals surface area contributed by atoms with E-state index in [0.717, 1.165) is 4.90 Å². The second-order valence-electron chi connectivity index (χ2n) is 3.87. The molecule has 0 aromatic heterocycles. The maximum Gasteiger partial charge on any atom is 0.249 e. The molecule has 0 spiro atoms. The fraction of sp³-hybridized carbons (Fsp3) is 0.333. The molecule has 0 aliphatic carbocycles. The van der Waals surface area contributed by atoms with E-state index in [1.807, 2.05) is 36.6 Å². The van der Waals surface area contributed by atoms with Gasteiger partial charge in [-0.1, -0.05) is 0 Å². The van der Waals surface area contributed by atoms with Crippen LogP contribution in [0, 0.1) is 16.7 Å². The Bertz CT molecular complexity index is 460. The highest BCUT2D eigenvalue weighted by Crippen LogP contribution is 2.28. The van der Waals surface area contributed by atoms with Crippen LogP contribution in [0.2, 0.25) is 0 Å². The maximum atomic E-state index is 11.9. The molecule has 1 fully saturated rings. The van der Waals surface area contributed by atoms with Crippen molar-refractivity contribution < 1.29 is 9.53 Å². The summed E-state index contributed by atoms with van der Waals surface area (Å²) in [4.78, 5) is 13.0. The van der Waals surface area contributed by atoms with Gasteiger partial charge in [0.2, 0.25) is 5.91 Å². The monoisotopic (exact) mass is 248 g/mol. The van der Waals surface area contributed by atoms with Gasteiger partial charge in [0.1, 0.15) is 0 Å². The number of rotatable bonds is 3. The van der Waals surface area contributed by atoms with Gasteiger partial charge in [0.05, 0.1) is 19.3 Å². The number of nitrogens with one attached hydrogen (secondary N) is 1. The number of nitrogens with zero attached hydrogens (tertiary/aromatic N) is 1. The van der Waals surface area contributed by atoms with Gasteiger partial charge in [-0.15, -0.1) is 11.8 Å². The molecule has 1 amide bonds. The summed E-state index contributed by atoms with van der Waals surface area (Å²) < 4.78 is 4.94. The first-order valence-corrected chi connectivity index (χ1v) is 6.37. The largest absolute Gasteiger partial charge is 0.377 e. The van der Waals surface area contributed by atoms with Crippen LogP contribution in [0.5, 0.6) is 0 Å². The van der Waals surface area contributed by atoms with Gasteiger partial charge in [-0.2, -0.15) is 5.26 Å². The molecule has 17 heavy (non-hydrogen) atoms. The lowest BCUT2D eigenvalue weighted by atomic mass is 9.87. The predicted molar refractivity (Wildman–Crippen MR) is 65.7 cm³/mol. The van der Waals surface area contributed by atoms with Gasteiger partial charge in [-0.05, 0) is 30.5 Å². The molecule has 0 unspecified atom stereocenters. The summed E-state index contributed by atoms with van der Waals surface area (Å²) in [7, 11) is 0. The van der Waals surface area contributed by atoms with Crippen molar-refractivity contribution in [3.8, 4) is 6.07 Å². The molecule has 1 aromatic rings. The number of benzene rings is 1. The number of hydrogen-bond acceptors (Lipinski definition) is 4. The highest BCUT2D eigenvalue weighted by molar-refractivity contribution is 7.98. The van der Waals surface area contributed by atoms with E-state index in [0.29, 0.717) is 5.69 Å². The van der Waals surface area contributed by atoms with E-state index in [9.17, 15) is 4.79 Å². The van der Waals surface area contributed by atoms with Crippen molar-refractivity contribution in [1.29, 1.82) is 5.26 Å². The molecule has 1 aromatic carbocycles. The number of carbonyl (C=O) groups is 1. The molecule has 0 bridgehead atoms. The molecular weight excluding hydrogens is 236 g/mol. The maximum absolute atomic E-state index is 11.9. The van der Waals surface area contributed by atoms with Crippen molar-refractivity contribution >= 4 is 23.4 Å². The quantitative estimate of drug-likeness (QED) is 0.830. The highest BCUT2D eigenvalue weighted by atomic mass is 32.2. The van der Waals surface area contributed by atoms with Crippen molar-refractivity contribution in [3.05, 3.63) is 24.3 Å². The number of anilines is 1. The first-order chi connectivity index (χ1) is 8.20. The molecular formula is C12H12N2O2S. The lowest BCUT2D eigenvalue weighted by molar-refractivity contribution is -0.144. The molecule has 1 saturated heterocycles. The van der Waals surface area contributed by atoms with Crippen LogP contribution in [-0.2, 0) is 9.53 Å². The Morgan fingerprint density at radius 3 is 2.53 bits per heavy atom. The minimum absolute atomic E-state index is 0.179. The third-order valence-corrected chi connectivity index (χ3v) is 3.44. The van der Waals surface area contributed by atoms with Crippen molar-refractivity contribution in [2.24, 2.45) is 5.41 Å². The Kier molecular flexibility index (Phi) is 3.36. The number of thioether (sulfide) groups is 1. The van der Waals surface area contributed by atoms with Crippen LogP contribution in [0.1, 0.15) is 0 Å². The standard InChI is InChI=1S/C12H12N2O2S/c1-17-10-4-2-9(3-5-10)14-11(15)12(6-13)7-16-8-12/h2-5H,7-8H2,1H3,(H,14,15). The topological polar surface area (TPSA) is 62.1 Å². The normalized spacial score (nSPS) is 16.7. The number of ether oxygens (including phenoxy) is 1. The molecule has 1 aliphatic rings. The van der Waals surface area contributed by atoms with Crippen molar-refractivity contribution in [1.82, 2.24) is 0 Å². The second-order valence-corrected chi connectivity index (χ2v) is 4.75. The van der Waals surface area contributed by atoms with Gasteiger partial charge in [-0.3, -0.25) is 4.79 Å². The Labute approximate surface area is 104 Å². The van der Waals surface area contributed by atoms with E-state index < -0.39 is 5.41 Å². The Balaban J connectivity index is 2.05. The first-order valence-electron chi connectivity index (χ1n) is 5.15. The van der Waals surface area contributed by atoms with Gasteiger partial charge in [0, 0.05) is 10.6 Å².